The average Bonchev–Trinajstić information content (AvgIpc) is 3.05. The summed E-state index contributed by atoms with van der Waals surface area (Å²) in [4.78, 5) is 16.7. The number of aryl methyl sites for hydroxylation is 1. The molecule has 2 heterocycles. The number of nitrogens with zero attached hydrogens (tertiary/aromatic N) is 5. The molecule has 3 rings (SSSR count). The summed E-state index contributed by atoms with van der Waals surface area (Å²) in [5.41, 5.74) is -0.122. The van der Waals surface area contributed by atoms with Gasteiger partial charge in [-0.2, -0.15) is 4.31 Å². The minimum absolute atomic E-state index is 0.0885. The van der Waals surface area contributed by atoms with Crippen LogP contribution in [0.5, 0.6) is 0 Å². The second kappa shape index (κ2) is 7.52. The van der Waals surface area contributed by atoms with E-state index in [1.165, 1.54) is 28.6 Å². The maximum absolute atomic E-state index is 12.7. The van der Waals surface area contributed by atoms with Gasteiger partial charge in [0.2, 0.25) is 10.0 Å². The Hall–Kier alpha value is -2.30. The largest absolute Gasteiger partial charge is 0.334 e. The van der Waals surface area contributed by atoms with Gasteiger partial charge in [-0.05, 0) is 19.1 Å². The van der Waals surface area contributed by atoms with Gasteiger partial charge >= 0.3 is 0 Å². The third-order valence-corrected chi connectivity index (χ3v) is 6.51. The van der Waals surface area contributed by atoms with Gasteiger partial charge in [-0.1, -0.05) is 0 Å². The topological polar surface area (TPSA) is 102 Å². The molecule has 0 radical (unpaired) electrons. The van der Waals surface area contributed by atoms with E-state index in [0.29, 0.717) is 26.2 Å². The minimum atomic E-state index is -3.62. The van der Waals surface area contributed by atoms with Crippen LogP contribution in [-0.4, -0.2) is 64.8 Å². The van der Waals surface area contributed by atoms with Gasteiger partial charge in [-0.25, -0.2) is 13.4 Å². The Labute approximate surface area is 152 Å². The van der Waals surface area contributed by atoms with Crippen LogP contribution >= 0.6 is 0 Å². The van der Waals surface area contributed by atoms with E-state index >= 15 is 0 Å². The van der Waals surface area contributed by atoms with Crippen LogP contribution < -0.4 is 0 Å². The molecule has 0 aliphatic carbocycles. The van der Waals surface area contributed by atoms with Crippen molar-refractivity contribution in [3.63, 3.8) is 0 Å². The minimum Gasteiger partial charge on any atom is -0.334 e. The van der Waals surface area contributed by atoms with E-state index in [4.69, 9.17) is 0 Å². The molecule has 1 aliphatic heterocycles. The maximum atomic E-state index is 12.7. The lowest BCUT2D eigenvalue weighted by Gasteiger charge is -2.34. The standard InChI is InChI=1S/C16H21N5O4S/c1-14-17-6-7-19(14)11-8-18-9-12-20(13-10-18)26(24,25)16-4-2-15(3-5-16)21(22)23/h2-7H,8-13H2,1H3. The highest BCUT2D eigenvalue weighted by atomic mass is 32.2. The molecule has 26 heavy (non-hydrogen) atoms. The van der Waals surface area contributed by atoms with Crippen molar-refractivity contribution in [3.05, 3.63) is 52.6 Å². The van der Waals surface area contributed by atoms with Gasteiger partial charge in [0.15, 0.2) is 0 Å². The fraction of sp³-hybridized carbons (Fsp3) is 0.438. The Bertz CT molecular complexity index is 870. The Kier molecular flexibility index (Phi) is 5.35. The molecule has 1 aromatic carbocycles. The number of rotatable bonds is 6. The number of imidazole rings is 1. The van der Waals surface area contributed by atoms with Crippen LogP contribution in [0.1, 0.15) is 5.82 Å². The summed E-state index contributed by atoms with van der Waals surface area (Å²) in [5, 5.41) is 10.7. The van der Waals surface area contributed by atoms with Crippen molar-refractivity contribution in [3.8, 4) is 0 Å². The number of hydrogen-bond donors (Lipinski definition) is 0. The number of aromatic nitrogens is 2. The molecule has 2 aromatic rings. The van der Waals surface area contributed by atoms with E-state index in [2.05, 4.69) is 14.5 Å². The molecule has 0 bridgehead atoms. The number of nitro benzene ring substituents is 1. The lowest BCUT2D eigenvalue weighted by Crippen LogP contribution is -2.49. The van der Waals surface area contributed by atoms with Crippen LogP contribution in [0.2, 0.25) is 0 Å². The fourth-order valence-electron chi connectivity index (χ4n) is 2.97. The normalized spacial score (nSPS) is 16.7. The number of non-ortho nitro benzene ring substituents is 1. The highest BCUT2D eigenvalue weighted by Gasteiger charge is 2.28. The first-order chi connectivity index (χ1) is 12.4. The van der Waals surface area contributed by atoms with Crippen molar-refractivity contribution in [2.24, 2.45) is 0 Å². The first-order valence-corrected chi connectivity index (χ1v) is 9.76. The third-order valence-electron chi connectivity index (χ3n) is 4.60. The van der Waals surface area contributed by atoms with Gasteiger partial charge in [0.1, 0.15) is 5.82 Å². The second-order valence-electron chi connectivity index (χ2n) is 6.16. The molecular weight excluding hydrogens is 358 g/mol. The predicted octanol–water partition coefficient (Wildman–Crippen LogP) is 1.11. The first-order valence-electron chi connectivity index (χ1n) is 8.32. The van der Waals surface area contributed by atoms with Crippen LogP contribution in [-0.2, 0) is 16.6 Å². The van der Waals surface area contributed by atoms with Gasteiger partial charge in [0, 0.05) is 63.8 Å². The monoisotopic (exact) mass is 379 g/mol. The van der Waals surface area contributed by atoms with Gasteiger partial charge in [0.05, 0.1) is 9.82 Å². The summed E-state index contributed by atoms with van der Waals surface area (Å²) in [6.45, 7) is 5.72. The fourth-order valence-corrected chi connectivity index (χ4v) is 4.39. The van der Waals surface area contributed by atoms with Gasteiger partial charge in [0.25, 0.3) is 5.69 Å². The molecule has 10 heteroatoms. The maximum Gasteiger partial charge on any atom is 0.269 e. The third kappa shape index (κ3) is 3.92. The number of piperazine rings is 1. The summed E-state index contributed by atoms with van der Waals surface area (Å²) in [6.07, 6.45) is 3.70. The van der Waals surface area contributed by atoms with E-state index in [0.717, 1.165) is 18.9 Å². The summed E-state index contributed by atoms with van der Waals surface area (Å²) >= 11 is 0. The van der Waals surface area contributed by atoms with E-state index in [1.807, 2.05) is 13.1 Å². The van der Waals surface area contributed by atoms with Gasteiger partial charge in [-0.3, -0.25) is 15.0 Å². The summed E-state index contributed by atoms with van der Waals surface area (Å²) in [7, 11) is -3.62. The SMILES string of the molecule is Cc1nccn1CCN1CCN(S(=O)(=O)c2ccc([N+](=O)[O-])cc2)CC1. The van der Waals surface area contributed by atoms with Crippen LogP contribution in [0.25, 0.3) is 0 Å². The Morgan fingerprint density at radius 2 is 1.77 bits per heavy atom. The Morgan fingerprint density at radius 3 is 2.31 bits per heavy atom. The number of nitro groups is 1. The van der Waals surface area contributed by atoms with Crippen molar-refractivity contribution >= 4 is 15.7 Å². The van der Waals surface area contributed by atoms with Gasteiger partial charge in [-0.15, -0.1) is 0 Å². The van der Waals surface area contributed by atoms with E-state index in [-0.39, 0.29) is 10.6 Å². The first kappa shape index (κ1) is 18.5. The zero-order valence-corrected chi connectivity index (χ0v) is 15.3. The molecule has 0 spiro atoms. The van der Waals surface area contributed by atoms with Crippen molar-refractivity contribution in [1.29, 1.82) is 0 Å². The van der Waals surface area contributed by atoms with E-state index < -0.39 is 14.9 Å². The molecule has 140 valence electrons. The van der Waals surface area contributed by atoms with Crippen LogP contribution in [0, 0.1) is 17.0 Å². The van der Waals surface area contributed by atoms with E-state index in [9.17, 15) is 18.5 Å². The summed E-state index contributed by atoms with van der Waals surface area (Å²) < 4.78 is 28.9. The van der Waals surface area contributed by atoms with Crippen LogP contribution in [0.15, 0.2) is 41.6 Å². The number of benzene rings is 1. The highest BCUT2D eigenvalue weighted by molar-refractivity contribution is 7.89. The molecule has 1 aliphatic rings. The quantitative estimate of drug-likeness (QED) is 0.550. The molecule has 0 atom stereocenters. The van der Waals surface area contributed by atoms with Crippen LogP contribution in [0.4, 0.5) is 5.69 Å². The smallest absolute Gasteiger partial charge is 0.269 e. The van der Waals surface area contributed by atoms with Crippen molar-refractivity contribution in [2.75, 3.05) is 32.7 Å². The molecule has 0 amide bonds. The predicted molar refractivity (Wildman–Crippen MR) is 95.3 cm³/mol. The molecule has 9 nitrogen and oxygen atoms in total. The average molecular weight is 379 g/mol. The molecular formula is C16H21N5O4S. The lowest BCUT2D eigenvalue weighted by atomic mass is 10.3. The molecule has 1 fully saturated rings. The number of sulfonamides is 1. The molecule has 1 aromatic heterocycles. The summed E-state index contributed by atoms with van der Waals surface area (Å²) in [5.74, 6) is 0.962. The number of hydrogen-bond acceptors (Lipinski definition) is 6. The zero-order valence-electron chi connectivity index (χ0n) is 14.5. The second-order valence-corrected chi connectivity index (χ2v) is 8.10. The Morgan fingerprint density at radius 1 is 1.12 bits per heavy atom. The van der Waals surface area contributed by atoms with Crippen molar-refractivity contribution in [1.82, 2.24) is 18.8 Å². The highest BCUT2D eigenvalue weighted by Crippen LogP contribution is 2.20. The summed E-state index contributed by atoms with van der Waals surface area (Å²) in [6, 6.07) is 5.02. The molecule has 0 unspecified atom stereocenters. The van der Waals surface area contributed by atoms with E-state index in [1.54, 1.807) is 6.20 Å². The molecule has 0 saturated carbocycles. The van der Waals surface area contributed by atoms with Crippen LogP contribution in [0.3, 0.4) is 0 Å². The molecule has 0 N–H and O–H groups in total. The van der Waals surface area contributed by atoms with Crippen molar-refractivity contribution in [2.45, 2.75) is 18.4 Å². The Balaban J connectivity index is 1.58. The molecule has 1 saturated heterocycles. The van der Waals surface area contributed by atoms with Gasteiger partial charge < -0.3 is 4.57 Å². The lowest BCUT2D eigenvalue weighted by molar-refractivity contribution is -0.384. The zero-order chi connectivity index (χ0) is 18.7. The van der Waals surface area contributed by atoms with Crippen molar-refractivity contribution < 1.29 is 13.3 Å².